The Morgan fingerprint density at radius 1 is 1.50 bits per heavy atom. The van der Waals surface area contributed by atoms with E-state index in [1.165, 1.54) is 7.11 Å². The summed E-state index contributed by atoms with van der Waals surface area (Å²) in [6.07, 6.45) is -0.527. The standard InChI is InChI=1S/C9H11BO4/c1-12-6-13-9-7-4-2-3-5-8(7)10(11)14-9/h2-5,9,11H,6H2,1H3. The van der Waals surface area contributed by atoms with Gasteiger partial charge in [0.05, 0.1) is 0 Å². The van der Waals surface area contributed by atoms with Gasteiger partial charge < -0.3 is 19.2 Å². The van der Waals surface area contributed by atoms with Crippen molar-refractivity contribution in [2.75, 3.05) is 13.9 Å². The van der Waals surface area contributed by atoms with Crippen molar-refractivity contribution >= 4 is 12.6 Å². The number of fused-ring (bicyclic) bond motifs is 1. The fourth-order valence-electron chi connectivity index (χ4n) is 1.47. The van der Waals surface area contributed by atoms with Crippen LogP contribution in [0.15, 0.2) is 24.3 Å². The summed E-state index contributed by atoms with van der Waals surface area (Å²) >= 11 is 0. The third-order valence-electron chi connectivity index (χ3n) is 2.11. The maximum atomic E-state index is 9.51. The molecule has 5 heteroatoms. The molecule has 2 rings (SSSR count). The maximum Gasteiger partial charge on any atom is 0.493 e. The smallest absolute Gasteiger partial charge is 0.423 e. The summed E-state index contributed by atoms with van der Waals surface area (Å²) in [4.78, 5) is 0. The minimum absolute atomic E-state index is 0.145. The highest BCUT2D eigenvalue weighted by Gasteiger charge is 2.35. The van der Waals surface area contributed by atoms with Crippen LogP contribution in [0.2, 0.25) is 0 Å². The lowest BCUT2D eigenvalue weighted by Crippen LogP contribution is -2.27. The molecule has 0 spiro atoms. The van der Waals surface area contributed by atoms with Crippen molar-refractivity contribution in [3.63, 3.8) is 0 Å². The van der Waals surface area contributed by atoms with Gasteiger partial charge in [-0.3, -0.25) is 0 Å². The van der Waals surface area contributed by atoms with Crippen molar-refractivity contribution in [1.82, 2.24) is 0 Å². The predicted octanol–water partition coefficient (Wildman–Crippen LogP) is 0.0234. The zero-order valence-corrected chi connectivity index (χ0v) is 7.84. The molecule has 1 heterocycles. The van der Waals surface area contributed by atoms with E-state index in [1.807, 2.05) is 24.3 Å². The first-order chi connectivity index (χ1) is 6.83. The molecule has 1 N–H and O–H groups in total. The van der Waals surface area contributed by atoms with Gasteiger partial charge in [0.1, 0.15) is 6.79 Å². The van der Waals surface area contributed by atoms with Gasteiger partial charge in [-0.15, -0.1) is 0 Å². The van der Waals surface area contributed by atoms with Crippen molar-refractivity contribution < 1.29 is 19.2 Å². The molecule has 1 aromatic rings. The monoisotopic (exact) mass is 194 g/mol. The first kappa shape index (κ1) is 9.67. The van der Waals surface area contributed by atoms with Gasteiger partial charge in [-0.25, -0.2) is 0 Å². The minimum atomic E-state index is -0.895. The quantitative estimate of drug-likeness (QED) is 0.544. The zero-order valence-electron chi connectivity index (χ0n) is 7.84. The summed E-state index contributed by atoms with van der Waals surface area (Å²) in [5, 5.41) is 9.51. The van der Waals surface area contributed by atoms with E-state index in [-0.39, 0.29) is 6.79 Å². The summed E-state index contributed by atoms with van der Waals surface area (Å²) in [6, 6.07) is 7.41. The number of benzene rings is 1. The maximum absolute atomic E-state index is 9.51. The molecule has 0 saturated carbocycles. The number of ether oxygens (including phenoxy) is 2. The number of hydrogen-bond donors (Lipinski definition) is 1. The number of rotatable bonds is 3. The molecule has 1 aliphatic heterocycles. The number of hydrogen-bond acceptors (Lipinski definition) is 4. The molecule has 0 amide bonds. The van der Waals surface area contributed by atoms with Gasteiger partial charge in [-0.05, 0) is 5.46 Å². The van der Waals surface area contributed by atoms with Crippen LogP contribution in [-0.2, 0) is 14.1 Å². The van der Waals surface area contributed by atoms with Crippen molar-refractivity contribution in [1.29, 1.82) is 0 Å². The van der Waals surface area contributed by atoms with Crippen molar-refractivity contribution in [2.24, 2.45) is 0 Å². The largest absolute Gasteiger partial charge is 0.493 e. The molecule has 0 radical (unpaired) electrons. The molecular weight excluding hydrogens is 183 g/mol. The Balaban J connectivity index is 2.17. The average molecular weight is 194 g/mol. The zero-order chi connectivity index (χ0) is 9.97. The van der Waals surface area contributed by atoms with Gasteiger partial charge >= 0.3 is 7.12 Å². The first-order valence-electron chi connectivity index (χ1n) is 4.36. The normalized spacial score (nSPS) is 19.9. The average Bonchev–Trinajstić information content (AvgIpc) is 2.54. The molecule has 1 aliphatic rings. The van der Waals surface area contributed by atoms with E-state index in [9.17, 15) is 5.02 Å². The van der Waals surface area contributed by atoms with Crippen molar-refractivity contribution in [2.45, 2.75) is 6.29 Å². The molecule has 1 atom stereocenters. The highest BCUT2D eigenvalue weighted by molar-refractivity contribution is 6.61. The Morgan fingerprint density at radius 3 is 3.07 bits per heavy atom. The molecule has 1 aromatic carbocycles. The van der Waals surface area contributed by atoms with Gasteiger partial charge in [-0.1, -0.05) is 24.3 Å². The highest BCUT2D eigenvalue weighted by atomic mass is 16.7. The van der Waals surface area contributed by atoms with Crippen molar-refractivity contribution in [3.05, 3.63) is 29.8 Å². The van der Waals surface area contributed by atoms with Gasteiger partial charge in [0.15, 0.2) is 6.29 Å². The van der Waals surface area contributed by atoms with E-state index < -0.39 is 13.4 Å². The molecule has 0 bridgehead atoms. The predicted molar refractivity (Wildman–Crippen MR) is 50.8 cm³/mol. The van der Waals surface area contributed by atoms with Gasteiger partial charge in [0, 0.05) is 12.7 Å². The van der Waals surface area contributed by atoms with E-state index in [1.54, 1.807) is 0 Å². The summed E-state index contributed by atoms with van der Waals surface area (Å²) in [7, 11) is 0.644. The molecule has 0 aromatic heterocycles. The van der Waals surface area contributed by atoms with Gasteiger partial charge in [-0.2, -0.15) is 0 Å². The number of methoxy groups -OCH3 is 1. The second-order valence-corrected chi connectivity index (χ2v) is 3.02. The van der Waals surface area contributed by atoms with Crippen LogP contribution in [0.25, 0.3) is 0 Å². The van der Waals surface area contributed by atoms with E-state index in [0.717, 1.165) is 11.0 Å². The van der Waals surface area contributed by atoms with Crippen LogP contribution in [0.3, 0.4) is 0 Å². The SMILES string of the molecule is COCOC1OB(O)c2ccccc21. The van der Waals surface area contributed by atoms with Crippen LogP contribution >= 0.6 is 0 Å². The summed E-state index contributed by atoms with van der Waals surface area (Å²) in [6.45, 7) is 0.145. The highest BCUT2D eigenvalue weighted by Crippen LogP contribution is 2.23. The lowest BCUT2D eigenvalue weighted by atomic mass is 9.80. The Hall–Kier alpha value is -0.875. The Labute approximate surface area is 82.5 Å². The lowest BCUT2D eigenvalue weighted by Gasteiger charge is -2.12. The Bertz CT molecular complexity index is 317. The summed E-state index contributed by atoms with van der Waals surface area (Å²) in [5.41, 5.74) is 1.62. The third kappa shape index (κ3) is 1.67. The third-order valence-corrected chi connectivity index (χ3v) is 2.11. The fraction of sp³-hybridized carbons (Fsp3) is 0.333. The van der Waals surface area contributed by atoms with Gasteiger partial charge in [0.2, 0.25) is 0 Å². The molecule has 74 valence electrons. The van der Waals surface area contributed by atoms with Crippen LogP contribution < -0.4 is 5.46 Å². The molecule has 1 unspecified atom stereocenters. The van der Waals surface area contributed by atoms with Crippen molar-refractivity contribution in [3.8, 4) is 0 Å². The van der Waals surface area contributed by atoms with E-state index in [4.69, 9.17) is 14.1 Å². The van der Waals surface area contributed by atoms with E-state index >= 15 is 0 Å². The van der Waals surface area contributed by atoms with Crippen LogP contribution in [0, 0.1) is 0 Å². The van der Waals surface area contributed by atoms with Crippen LogP contribution in [0.4, 0.5) is 0 Å². The minimum Gasteiger partial charge on any atom is -0.423 e. The molecule has 0 aliphatic carbocycles. The molecule has 0 saturated heterocycles. The van der Waals surface area contributed by atoms with E-state index in [2.05, 4.69) is 0 Å². The molecule has 0 fully saturated rings. The lowest BCUT2D eigenvalue weighted by molar-refractivity contribution is -0.151. The summed E-state index contributed by atoms with van der Waals surface area (Å²) in [5.74, 6) is 0. The van der Waals surface area contributed by atoms with Crippen LogP contribution in [0.1, 0.15) is 11.9 Å². The summed E-state index contributed by atoms with van der Waals surface area (Å²) < 4.78 is 15.2. The molecule has 14 heavy (non-hydrogen) atoms. The second-order valence-electron chi connectivity index (χ2n) is 3.02. The Kier molecular flexibility index (Phi) is 2.83. The van der Waals surface area contributed by atoms with Crippen LogP contribution in [-0.4, -0.2) is 26.0 Å². The fourth-order valence-corrected chi connectivity index (χ4v) is 1.47. The molecule has 4 nitrogen and oxygen atoms in total. The van der Waals surface area contributed by atoms with Crippen LogP contribution in [0.5, 0.6) is 0 Å². The Morgan fingerprint density at radius 2 is 2.29 bits per heavy atom. The first-order valence-corrected chi connectivity index (χ1v) is 4.36. The second kappa shape index (κ2) is 4.10. The topological polar surface area (TPSA) is 47.9 Å². The molecular formula is C9H11BO4. The van der Waals surface area contributed by atoms with Gasteiger partial charge in [0.25, 0.3) is 0 Å². The van der Waals surface area contributed by atoms with E-state index in [0.29, 0.717) is 0 Å².